The third-order valence-electron chi connectivity index (χ3n) is 3.92. The lowest BCUT2D eigenvalue weighted by molar-refractivity contribution is 0.509. The minimum Gasteiger partial charge on any atom is -0.419 e. The fraction of sp³-hybridized carbons (Fsp3) is 0.150. The number of nitrogens with zero attached hydrogens (tertiary/aromatic N) is 3. The summed E-state index contributed by atoms with van der Waals surface area (Å²) >= 11 is 3.27. The van der Waals surface area contributed by atoms with Gasteiger partial charge in [-0.3, -0.25) is 0 Å². The van der Waals surface area contributed by atoms with Crippen molar-refractivity contribution in [3.05, 3.63) is 71.4 Å². The SMILES string of the molecule is Cc1ccc(-c2csc(S[C@H](C)c3nnc(-c4ccccc4)o3)n2)cc1. The van der Waals surface area contributed by atoms with Gasteiger partial charge < -0.3 is 4.42 Å². The highest BCUT2D eigenvalue weighted by Gasteiger charge is 2.18. The molecule has 4 aromatic rings. The molecule has 0 amide bonds. The van der Waals surface area contributed by atoms with E-state index < -0.39 is 0 Å². The zero-order chi connectivity index (χ0) is 17.9. The van der Waals surface area contributed by atoms with Crippen molar-refractivity contribution in [1.29, 1.82) is 0 Å². The summed E-state index contributed by atoms with van der Waals surface area (Å²) in [5, 5.41) is 10.5. The van der Waals surface area contributed by atoms with Crippen LogP contribution < -0.4 is 0 Å². The first-order valence-corrected chi connectivity index (χ1v) is 10.0. The van der Waals surface area contributed by atoms with Crippen LogP contribution in [0.4, 0.5) is 0 Å². The number of thioether (sulfide) groups is 1. The van der Waals surface area contributed by atoms with E-state index in [0.29, 0.717) is 11.8 Å². The summed E-state index contributed by atoms with van der Waals surface area (Å²) in [4.78, 5) is 4.73. The summed E-state index contributed by atoms with van der Waals surface area (Å²) in [6.07, 6.45) is 0. The van der Waals surface area contributed by atoms with Crippen molar-refractivity contribution in [3.63, 3.8) is 0 Å². The normalized spacial score (nSPS) is 12.2. The Kier molecular flexibility index (Phi) is 4.86. The zero-order valence-corrected chi connectivity index (χ0v) is 16.1. The number of aryl methyl sites for hydroxylation is 1. The van der Waals surface area contributed by atoms with E-state index in [4.69, 9.17) is 9.40 Å². The Balaban J connectivity index is 1.48. The van der Waals surface area contributed by atoms with Crippen molar-refractivity contribution >= 4 is 23.1 Å². The Bertz CT molecular complexity index is 993. The van der Waals surface area contributed by atoms with Crippen molar-refractivity contribution in [3.8, 4) is 22.7 Å². The van der Waals surface area contributed by atoms with Gasteiger partial charge in [0.25, 0.3) is 0 Å². The molecule has 4 rings (SSSR count). The smallest absolute Gasteiger partial charge is 0.247 e. The molecule has 26 heavy (non-hydrogen) atoms. The molecule has 2 heterocycles. The molecule has 0 bridgehead atoms. The molecule has 2 aromatic carbocycles. The van der Waals surface area contributed by atoms with E-state index >= 15 is 0 Å². The van der Waals surface area contributed by atoms with Crippen molar-refractivity contribution in [2.75, 3.05) is 0 Å². The molecule has 4 nitrogen and oxygen atoms in total. The molecule has 0 aliphatic heterocycles. The van der Waals surface area contributed by atoms with E-state index in [1.807, 2.05) is 30.3 Å². The summed E-state index contributed by atoms with van der Waals surface area (Å²) < 4.78 is 6.84. The Morgan fingerprint density at radius 2 is 1.73 bits per heavy atom. The summed E-state index contributed by atoms with van der Waals surface area (Å²) in [6.45, 7) is 4.14. The predicted octanol–water partition coefficient (Wildman–Crippen LogP) is 6.02. The lowest BCUT2D eigenvalue weighted by Gasteiger charge is -2.03. The minimum absolute atomic E-state index is 0.0389. The van der Waals surface area contributed by atoms with E-state index in [0.717, 1.165) is 21.2 Å². The molecular weight excluding hydrogens is 362 g/mol. The number of benzene rings is 2. The molecule has 0 unspecified atom stereocenters. The molecule has 0 aliphatic rings. The molecule has 0 radical (unpaired) electrons. The fourth-order valence-electron chi connectivity index (χ4n) is 2.47. The second kappa shape index (κ2) is 7.43. The minimum atomic E-state index is 0.0389. The molecule has 0 saturated heterocycles. The highest BCUT2D eigenvalue weighted by Crippen LogP contribution is 2.38. The third-order valence-corrected chi connectivity index (χ3v) is 5.98. The van der Waals surface area contributed by atoms with Crippen molar-refractivity contribution < 1.29 is 4.42 Å². The average molecular weight is 380 g/mol. The van der Waals surface area contributed by atoms with Gasteiger partial charge >= 0.3 is 0 Å². The molecule has 2 aromatic heterocycles. The van der Waals surface area contributed by atoms with Gasteiger partial charge in [0.1, 0.15) is 0 Å². The summed E-state index contributed by atoms with van der Waals surface area (Å²) in [5.41, 5.74) is 4.31. The second-order valence-electron chi connectivity index (χ2n) is 5.94. The number of hydrogen-bond acceptors (Lipinski definition) is 6. The number of aromatic nitrogens is 3. The lowest BCUT2D eigenvalue weighted by atomic mass is 10.1. The fourth-order valence-corrected chi connectivity index (χ4v) is 4.47. The molecule has 0 fully saturated rings. The standard InChI is InChI=1S/C20H17N3OS2/c1-13-8-10-15(11-9-13)17-12-25-20(21-17)26-14(2)18-22-23-19(24-18)16-6-4-3-5-7-16/h3-12,14H,1-2H3/t14-/m1/s1. The van der Waals surface area contributed by atoms with Crippen LogP contribution in [0, 0.1) is 6.92 Å². The maximum absolute atomic E-state index is 5.84. The Morgan fingerprint density at radius 1 is 0.962 bits per heavy atom. The third kappa shape index (κ3) is 3.71. The summed E-state index contributed by atoms with van der Waals surface area (Å²) in [7, 11) is 0. The average Bonchev–Trinajstić information content (AvgIpc) is 3.33. The van der Waals surface area contributed by atoms with Crippen LogP contribution >= 0.6 is 23.1 Å². The molecular formula is C20H17N3OS2. The first kappa shape index (κ1) is 17.0. The van der Waals surface area contributed by atoms with Crippen LogP contribution in [0.25, 0.3) is 22.7 Å². The van der Waals surface area contributed by atoms with Crippen LogP contribution in [0.5, 0.6) is 0 Å². The lowest BCUT2D eigenvalue weighted by Crippen LogP contribution is -1.88. The van der Waals surface area contributed by atoms with E-state index in [1.165, 1.54) is 5.56 Å². The quantitative estimate of drug-likeness (QED) is 0.397. The van der Waals surface area contributed by atoms with Crippen molar-refractivity contribution in [1.82, 2.24) is 15.2 Å². The summed E-state index contributed by atoms with van der Waals surface area (Å²) in [6, 6.07) is 18.2. The van der Waals surface area contributed by atoms with Crippen LogP contribution in [-0.2, 0) is 0 Å². The number of rotatable bonds is 5. The predicted molar refractivity (Wildman–Crippen MR) is 106 cm³/mol. The van der Waals surface area contributed by atoms with Crippen LogP contribution in [0.15, 0.2) is 68.7 Å². The van der Waals surface area contributed by atoms with Gasteiger partial charge in [0.2, 0.25) is 11.8 Å². The van der Waals surface area contributed by atoms with Gasteiger partial charge in [0.05, 0.1) is 10.9 Å². The topological polar surface area (TPSA) is 51.8 Å². The highest BCUT2D eigenvalue weighted by atomic mass is 32.2. The molecule has 6 heteroatoms. The van der Waals surface area contributed by atoms with Crippen LogP contribution in [0.1, 0.15) is 23.6 Å². The van der Waals surface area contributed by atoms with Crippen LogP contribution in [0.3, 0.4) is 0 Å². The van der Waals surface area contributed by atoms with Gasteiger partial charge in [-0.2, -0.15) is 0 Å². The Labute approximate surface area is 160 Å². The van der Waals surface area contributed by atoms with E-state index in [1.54, 1.807) is 23.1 Å². The van der Waals surface area contributed by atoms with Gasteiger partial charge in [-0.25, -0.2) is 4.98 Å². The van der Waals surface area contributed by atoms with Gasteiger partial charge in [-0.05, 0) is 26.0 Å². The largest absolute Gasteiger partial charge is 0.419 e. The highest BCUT2D eigenvalue weighted by molar-refractivity contribution is 8.01. The van der Waals surface area contributed by atoms with Crippen LogP contribution in [0.2, 0.25) is 0 Å². The number of hydrogen-bond donors (Lipinski definition) is 0. The Hall–Kier alpha value is -2.44. The first-order valence-electron chi connectivity index (χ1n) is 8.27. The second-order valence-corrected chi connectivity index (χ2v) is 8.38. The van der Waals surface area contributed by atoms with Crippen molar-refractivity contribution in [2.24, 2.45) is 0 Å². The van der Waals surface area contributed by atoms with Gasteiger partial charge in [-0.1, -0.05) is 59.8 Å². The zero-order valence-electron chi connectivity index (χ0n) is 14.4. The van der Waals surface area contributed by atoms with Gasteiger partial charge in [0.15, 0.2) is 4.34 Å². The monoisotopic (exact) mass is 379 g/mol. The molecule has 1 atom stereocenters. The van der Waals surface area contributed by atoms with E-state index in [9.17, 15) is 0 Å². The van der Waals surface area contributed by atoms with E-state index in [-0.39, 0.29) is 5.25 Å². The maximum Gasteiger partial charge on any atom is 0.247 e. The summed E-state index contributed by atoms with van der Waals surface area (Å²) in [5.74, 6) is 1.16. The van der Waals surface area contributed by atoms with Crippen LogP contribution in [-0.4, -0.2) is 15.2 Å². The molecule has 130 valence electrons. The van der Waals surface area contributed by atoms with E-state index in [2.05, 4.69) is 53.7 Å². The number of thiazole rings is 1. The van der Waals surface area contributed by atoms with Gasteiger partial charge in [-0.15, -0.1) is 21.5 Å². The van der Waals surface area contributed by atoms with Gasteiger partial charge in [0, 0.05) is 16.5 Å². The molecule has 0 spiro atoms. The molecule has 0 N–H and O–H groups in total. The molecule has 0 saturated carbocycles. The first-order chi connectivity index (χ1) is 12.7. The molecule has 0 aliphatic carbocycles. The maximum atomic E-state index is 5.84. The van der Waals surface area contributed by atoms with Crippen molar-refractivity contribution in [2.45, 2.75) is 23.4 Å². The Morgan fingerprint density at radius 3 is 2.50 bits per heavy atom.